The van der Waals surface area contributed by atoms with Gasteiger partial charge >= 0.3 is 0 Å². The summed E-state index contributed by atoms with van der Waals surface area (Å²) in [6, 6.07) is 1.42. The van der Waals surface area contributed by atoms with E-state index in [4.69, 9.17) is 4.74 Å². The third kappa shape index (κ3) is 6.55. The standard InChI is InChI=1S/C28H39N3O4/c1-19-16-31(20(2)18-32)28(34)24-13-23(10-6-9-21-7-4-5-8-21)15-29-27(24)35-25(19)17-30(3)26(33)14-22-11-12-22/h13,15,19-22,25,32H,4-5,7-9,11-12,14,16-18H2,1-3H3/t19-,20+,25+/m1/s1. The van der Waals surface area contributed by atoms with Crippen molar-refractivity contribution < 1.29 is 19.4 Å². The van der Waals surface area contributed by atoms with Gasteiger partial charge in [-0.3, -0.25) is 9.59 Å². The average Bonchev–Trinajstić information content (AvgIpc) is 3.51. The normalized spacial score (nSPS) is 23.4. The van der Waals surface area contributed by atoms with Gasteiger partial charge in [-0.1, -0.05) is 31.6 Å². The maximum absolute atomic E-state index is 13.5. The highest BCUT2D eigenvalue weighted by Crippen LogP contribution is 2.33. The number of rotatable bonds is 7. The summed E-state index contributed by atoms with van der Waals surface area (Å²) in [4.78, 5) is 34.1. The molecule has 2 amide bonds. The van der Waals surface area contributed by atoms with Crippen LogP contribution in [0.1, 0.15) is 81.1 Å². The molecule has 0 unspecified atom stereocenters. The molecule has 7 nitrogen and oxygen atoms in total. The number of likely N-dealkylation sites (N-methyl/N-ethyl adjacent to an activating group) is 1. The number of ether oxygens (including phenoxy) is 1. The molecule has 1 aromatic heterocycles. The number of carbonyl (C=O) groups excluding carboxylic acids is 2. The molecule has 35 heavy (non-hydrogen) atoms. The van der Waals surface area contributed by atoms with Crippen LogP contribution >= 0.6 is 0 Å². The van der Waals surface area contributed by atoms with Crippen molar-refractivity contribution in [3.05, 3.63) is 23.4 Å². The molecule has 2 aliphatic carbocycles. The topological polar surface area (TPSA) is 83.0 Å². The van der Waals surface area contributed by atoms with Gasteiger partial charge in [-0.25, -0.2) is 4.98 Å². The summed E-state index contributed by atoms with van der Waals surface area (Å²) in [6.45, 7) is 4.57. The number of pyridine rings is 1. The highest BCUT2D eigenvalue weighted by atomic mass is 16.5. The molecular formula is C28H39N3O4. The Labute approximate surface area is 209 Å². The highest BCUT2D eigenvalue weighted by Gasteiger charge is 2.35. The van der Waals surface area contributed by atoms with Crippen molar-refractivity contribution in [1.29, 1.82) is 0 Å². The third-order valence-corrected chi connectivity index (χ3v) is 7.66. The van der Waals surface area contributed by atoms with Gasteiger partial charge in [-0.05, 0) is 50.5 Å². The first kappa shape index (κ1) is 25.5. The Balaban J connectivity index is 1.56. The SMILES string of the molecule is C[C@@H]1CN([C@@H](C)CO)C(=O)c2cc(C#CCC3CCCC3)cnc2O[C@H]1CN(C)C(=O)CC1CC1. The van der Waals surface area contributed by atoms with E-state index in [0.29, 0.717) is 42.5 Å². The molecule has 0 saturated heterocycles. The molecular weight excluding hydrogens is 442 g/mol. The molecule has 1 aromatic rings. The molecule has 2 fully saturated rings. The molecule has 3 aliphatic rings. The van der Waals surface area contributed by atoms with Crippen LogP contribution in [0.5, 0.6) is 5.88 Å². The van der Waals surface area contributed by atoms with Crippen LogP contribution in [-0.2, 0) is 4.79 Å². The lowest BCUT2D eigenvalue weighted by Gasteiger charge is -2.37. The molecule has 1 N–H and O–H groups in total. The van der Waals surface area contributed by atoms with E-state index < -0.39 is 0 Å². The summed E-state index contributed by atoms with van der Waals surface area (Å²) in [6.07, 6.45) is 10.1. The fraction of sp³-hybridized carbons (Fsp3) is 0.679. The van der Waals surface area contributed by atoms with Crippen LogP contribution in [0.3, 0.4) is 0 Å². The van der Waals surface area contributed by atoms with Crippen molar-refractivity contribution in [3.8, 4) is 17.7 Å². The molecule has 0 bridgehead atoms. The van der Waals surface area contributed by atoms with Crippen molar-refractivity contribution in [2.24, 2.45) is 17.8 Å². The van der Waals surface area contributed by atoms with Gasteiger partial charge in [0.15, 0.2) is 0 Å². The predicted octanol–water partition coefficient (Wildman–Crippen LogP) is 3.49. The molecule has 190 valence electrons. The first-order valence-electron chi connectivity index (χ1n) is 13.2. The zero-order valence-electron chi connectivity index (χ0n) is 21.3. The van der Waals surface area contributed by atoms with Gasteiger partial charge in [0, 0.05) is 44.1 Å². The van der Waals surface area contributed by atoms with E-state index >= 15 is 0 Å². The van der Waals surface area contributed by atoms with Crippen LogP contribution in [0, 0.1) is 29.6 Å². The number of aromatic nitrogens is 1. The Morgan fingerprint density at radius 1 is 1.29 bits per heavy atom. The van der Waals surface area contributed by atoms with Crippen LogP contribution in [0.15, 0.2) is 12.3 Å². The molecule has 0 spiro atoms. The second-order valence-corrected chi connectivity index (χ2v) is 10.8. The second kappa shape index (κ2) is 11.4. The lowest BCUT2D eigenvalue weighted by Crippen LogP contribution is -2.50. The smallest absolute Gasteiger partial charge is 0.259 e. The molecule has 0 aromatic carbocycles. The maximum atomic E-state index is 13.5. The lowest BCUT2D eigenvalue weighted by molar-refractivity contribution is -0.131. The number of nitrogens with zero attached hydrogens (tertiary/aromatic N) is 3. The number of hydrogen-bond donors (Lipinski definition) is 1. The van der Waals surface area contributed by atoms with Gasteiger partial charge in [0.25, 0.3) is 5.91 Å². The van der Waals surface area contributed by atoms with Gasteiger partial charge in [-0.2, -0.15) is 0 Å². The summed E-state index contributed by atoms with van der Waals surface area (Å²) in [7, 11) is 1.82. The maximum Gasteiger partial charge on any atom is 0.259 e. The summed E-state index contributed by atoms with van der Waals surface area (Å²) in [5.74, 6) is 7.79. The highest BCUT2D eigenvalue weighted by molar-refractivity contribution is 5.97. The molecule has 7 heteroatoms. The first-order valence-corrected chi connectivity index (χ1v) is 13.2. The van der Waals surface area contributed by atoms with Crippen molar-refractivity contribution in [1.82, 2.24) is 14.8 Å². The van der Waals surface area contributed by atoms with Crippen LogP contribution < -0.4 is 4.74 Å². The van der Waals surface area contributed by atoms with Crippen LogP contribution in [0.25, 0.3) is 0 Å². The van der Waals surface area contributed by atoms with Crippen LogP contribution in [0.2, 0.25) is 0 Å². The number of hydrogen-bond acceptors (Lipinski definition) is 5. The van der Waals surface area contributed by atoms with Gasteiger partial charge in [0.1, 0.15) is 11.7 Å². The van der Waals surface area contributed by atoms with Crippen molar-refractivity contribution in [3.63, 3.8) is 0 Å². The van der Waals surface area contributed by atoms with E-state index in [1.807, 2.05) is 20.9 Å². The Morgan fingerprint density at radius 3 is 2.71 bits per heavy atom. The molecule has 1 aliphatic heterocycles. The van der Waals surface area contributed by atoms with Gasteiger partial charge < -0.3 is 19.6 Å². The van der Waals surface area contributed by atoms with E-state index in [-0.39, 0.29) is 42.4 Å². The number of aliphatic hydroxyl groups excluding tert-OH is 1. The van der Waals surface area contributed by atoms with Gasteiger partial charge in [0.05, 0.1) is 19.2 Å². The number of carbonyl (C=O) groups is 2. The van der Waals surface area contributed by atoms with Gasteiger partial charge in [0.2, 0.25) is 11.8 Å². The van der Waals surface area contributed by atoms with E-state index in [1.54, 1.807) is 22.1 Å². The zero-order chi connectivity index (χ0) is 24.9. The number of aliphatic hydroxyl groups is 1. The monoisotopic (exact) mass is 481 g/mol. The summed E-state index contributed by atoms with van der Waals surface area (Å²) < 4.78 is 6.30. The molecule has 4 rings (SSSR count). The summed E-state index contributed by atoms with van der Waals surface area (Å²) in [5, 5.41) is 9.83. The van der Waals surface area contributed by atoms with Gasteiger partial charge in [-0.15, -0.1) is 0 Å². The Bertz CT molecular complexity index is 974. The fourth-order valence-corrected chi connectivity index (χ4v) is 5.00. The minimum atomic E-state index is -0.345. The number of amides is 2. The Hall–Kier alpha value is -2.59. The Kier molecular flexibility index (Phi) is 8.33. The van der Waals surface area contributed by atoms with Crippen LogP contribution in [-0.4, -0.2) is 70.6 Å². The predicted molar refractivity (Wildman–Crippen MR) is 134 cm³/mol. The molecule has 2 saturated carbocycles. The summed E-state index contributed by atoms with van der Waals surface area (Å²) >= 11 is 0. The quantitative estimate of drug-likeness (QED) is 0.603. The second-order valence-electron chi connectivity index (χ2n) is 10.8. The van der Waals surface area contributed by atoms with Crippen molar-refractivity contribution >= 4 is 11.8 Å². The third-order valence-electron chi connectivity index (χ3n) is 7.66. The molecule has 0 radical (unpaired) electrons. The average molecular weight is 482 g/mol. The number of fused-ring (bicyclic) bond motifs is 1. The van der Waals surface area contributed by atoms with E-state index in [1.165, 1.54) is 25.7 Å². The summed E-state index contributed by atoms with van der Waals surface area (Å²) in [5.41, 5.74) is 1.05. The van der Waals surface area contributed by atoms with E-state index in [0.717, 1.165) is 19.3 Å². The van der Waals surface area contributed by atoms with Crippen molar-refractivity contribution in [2.45, 2.75) is 77.4 Å². The minimum absolute atomic E-state index is 0.0510. The fourth-order valence-electron chi connectivity index (χ4n) is 5.00. The minimum Gasteiger partial charge on any atom is -0.472 e. The largest absolute Gasteiger partial charge is 0.472 e. The Morgan fingerprint density at radius 2 is 2.03 bits per heavy atom. The first-order chi connectivity index (χ1) is 16.9. The zero-order valence-corrected chi connectivity index (χ0v) is 21.3. The molecule has 3 atom stereocenters. The lowest BCUT2D eigenvalue weighted by atomic mass is 9.99. The van der Waals surface area contributed by atoms with Crippen molar-refractivity contribution in [2.75, 3.05) is 26.7 Å². The van der Waals surface area contributed by atoms with Crippen LogP contribution in [0.4, 0.5) is 0 Å². The van der Waals surface area contributed by atoms with E-state index in [2.05, 4.69) is 16.8 Å². The van der Waals surface area contributed by atoms with E-state index in [9.17, 15) is 14.7 Å². The molecule has 2 heterocycles.